The van der Waals surface area contributed by atoms with Crippen molar-refractivity contribution in [2.75, 3.05) is 11.1 Å². The molecule has 2 aromatic rings. The van der Waals surface area contributed by atoms with Gasteiger partial charge in [0.1, 0.15) is 17.2 Å². The van der Waals surface area contributed by atoms with Crippen LogP contribution in [0.2, 0.25) is 5.02 Å². The maximum absolute atomic E-state index is 13.6. The molecule has 1 heterocycles. The summed E-state index contributed by atoms with van der Waals surface area (Å²) in [7, 11) is 0. The third-order valence-electron chi connectivity index (χ3n) is 2.33. The van der Waals surface area contributed by atoms with Crippen LogP contribution in [-0.2, 0) is 0 Å². The molecule has 0 radical (unpaired) electrons. The van der Waals surface area contributed by atoms with E-state index >= 15 is 0 Å². The highest BCUT2D eigenvalue weighted by atomic mass is 79.9. The van der Waals surface area contributed by atoms with Crippen LogP contribution in [0.15, 0.2) is 28.7 Å². The topological polar surface area (TPSA) is 68.0 Å². The highest BCUT2D eigenvalue weighted by Gasteiger charge is 2.18. The molecule has 0 atom stereocenters. The summed E-state index contributed by atoms with van der Waals surface area (Å²) in [4.78, 5) is 15.6. The lowest BCUT2D eigenvalue weighted by Gasteiger charge is -2.09. The maximum atomic E-state index is 13.6. The van der Waals surface area contributed by atoms with Crippen molar-refractivity contribution in [2.24, 2.45) is 0 Å². The Morgan fingerprint density at radius 3 is 2.50 bits per heavy atom. The third kappa shape index (κ3) is 3.05. The van der Waals surface area contributed by atoms with E-state index in [2.05, 4.69) is 26.2 Å². The lowest BCUT2D eigenvalue weighted by atomic mass is 10.2. The van der Waals surface area contributed by atoms with Crippen LogP contribution in [0.1, 0.15) is 10.5 Å². The summed E-state index contributed by atoms with van der Waals surface area (Å²) in [6, 6.07) is 4.81. The molecule has 0 bridgehead atoms. The molecule has 1 aromatic carbocycles. The fourth-order valence-electron chi connectivity index (χ4n) is 1.45. The van der Waals surface area contributed by atoms with E-state index < -0.39 is 23.2 Å². The maximum Gasteiger partial charge on any atom is 0.276 e. The molecule has 1 aromatic heterocycles. The average Bonchev–Trinajstić information content (AvgIpc) is 2.36. The summed E-state index contributed by atoms with van der Waals surface area (Å²) in [5.74, 6) is -2.64. The van der Waals surface area contributed by atoms with E-state index in [0.29, 0.717) is 0 Å². The first-order valence-electron chi connectivity index (χ1n) is 5.26. The molecule has 0 saturated heterocycles. The Balaban J connectivity index is 2.35. The van der Waals surface area contributed by atoms with Crippen molar-refractivity contribution in [3.63, 3.8) is 0 Å². The molecule has 8 heteroatoms. The van der Waals surface area contributed by atoms with E-state index in [-0.39, 0.29) is 21.0 Å². The van der Waals surface area contributed by atoms with Crippen LogP contribution in [-0.4, -0.2) is 10.9 Å². The fourth-order valence-corrected chi connectivity index (χ4v) is 2.04. The van der Waals surface area contributed by atoms with Crippen molar-refractivity contribution in [3.8, 4) is 0 Å². The summed E-state index contributed by atoms with van der Waals surface area (Å²) in [5, 5.41) is 2.10. The van der Waals surface area contributed by atoms with Gasteiger partial charge in [-0.1, -0.05) is 27.5 Å². The standard InChI is InChI=1S/C12H7BrClF2N3O/c13-5-3-7(15)11(8(16)4-5)19-12(20)10-6(14)1-2-9(17)18-10/h1-4H,(H2,17,18)(H,19,20). The highest BCUT2D eigenvalue weighted by molar-refractivity contribution is 9.10. The molecular formula is C12H7BrClF2N3O. The summed E-state index contributed by atoms with van der Waals surface area (Å²) in [5.41, 5.74) is 4.64. The number of benzene rings is 1. The summed E-state index contributed by atoms with van der Waals surface area (Å²) in [6.07, 6.45) is 0. The second-order valence-corrected chi connectivity index (χ2v) is 5.09. The molecule has 0 aliphatic heterocycles. The van der Waals surface area contributed by atoms with Crippen LogP contribution in [0.3, 0.4) is 0 Å². The molecule has 0 unspecified atom stereocenters. The van der Waals surface area contributed by atoms with Crippen molar-refractivity contribution >= 4 is 44.9 Å². The van der Waals surface area contributed by atoms with Crippen LogP contribution in [0.4, 0.5) is 20.3 Å². The number of hydrogen-bond donors (Lipinski definition) is 2. The minimum absolute atomic E-state index is 0.0228. The third-order valence-corrected chi connectivity index (χ3v) is 3.09. The zero-order valence-corrected chi connectivity index (χ0v) is 12.1. The minimum atomic E-state index is -0.926. The monoisotopic (exact) mass is 361 g/mol. The molecule has 104 valence electrons. The number of nitrogen functional groups attached to an aromatic ring is 1. The average molecular weight is 363 g/mol. The van der Waals surface area contributed by atoms with E-state index in [0.717, 1.165) is 12.1 Å². The molecule has 0 spiro atoms. The number of anilines is 2. The van der Waals surface area contributed by atoms with Crippen molar-refractivity contribution in [1.29, 1.82) is 0 Å². The first-order valence-corrected chi connectivity index (χ1v) is 6.43. The lowest BCUT2D eigenvalue weighted by molar-refractivity contribution is 0.102. The highest BCUT2D eigenvalue weighted by Crippen LogP contribution is 2.25. The minimum Gasteiger partial charge on any atom is -0.384 e. The largest absolute Gasteiger partial charge is 0.384 e. The Kier molecular flexibility index (Phi) is 4.20. The number of nitrogens with zero attached hydrogens (tertiary/aromatic N) is 1. The fraction of sp³-hybridized carbons (Fsp3) is 0. The number of hydrogen-bond acceptors (Lipinski definition) is 3. The molecule has 2 rings (SSSR count). The van der Waals surface area contributed by atoms with Gasteiger partial charge in [-0.3, -0.25) is 4.79 Å². The smallest absolute Gasteiger partial charge is 0.276 e. The van der Waals surface area contributed by atoms with Crippen LogP contribution in [0, 0.1) is 11.6 Å². The molecule has 0 saturated carbocycles. The zero-order valence-electron chi connectivity index (χ0n) is 9.75. The molecule has 0 aliphatic carbocycles. The number of carbonyl (C=O) groups excluding carboxylic acids is 1. The molecular weight excluding hydrogens is 356 g/mol. The van der Waals surface area contributed by atoms with E-state index in [1.807, 2.05) is 0 Å². The van der Waals surface area contributed by atoms with Crippen molar-refractivity contribution < 1.29 is 13.6 Å². The molecule has 20 heavy (non-hydrogen) atoms. The molecule has 4 nitrogen and oxygen atoms in total. The number of halogens is 4. The summed E-state index contributed by atoms with van der Waals surface area (Å²) in [6.45, 7) is 0. The Bertz CT molecular complexity index is 673. The van der Waals surface area contributed by atoms with Gasteiger partial charge in [0.25, 0.3) is 5.91 Å². The number of amides is 1. The number of rotatable bonds is 2. The normalized spacial score (nSPS) is 10.4. The van der Waals surface area contributed by atoms with Gasteiger partial charge in [0, 0.05) is 4.47 Å². The second-order valence-electron chi connectivity index (χ2n) is 3.77. The Morgan fingerprint density at radius 2 is 1.90 bits per heavy atom. The molecule has 1 amide bonds. The first-order chi connectivity index (χ1) is 9.38. The van der Waals surface area contributed by atoms with Crippen molar-refractivity contribution in [2.45, 2.75) is 0 Å². The van der Waals surface area contributed by atoms with E-state index in [9.17, 15) is 13.6 Å². The lowest BCUT2D eigenvalue weighted by Crippen LogP contribution is -2.17. The Morgan fingerprint density at radius 1 is 1.30 bits per heavy atom. The van der Waals surface area contributed by atoms with Gasteiger partial charge in [0.2, 0.25) is 0 Å². The predicted octanol–water partition coefficient (Wildman–Crippen LogP) is 3.61. The van der Waals surface area contributed by atoms with Gasteiger partial charge in [0.15, 0.2) is 11.6 Å². The quantitative estimate of drug-likeness (QED) is 0.857. The molecule has 0 fully saturated rings. The van der Waals surface area contributed by atoms with Gasteiger partial charge in [-0.15, -0.1) is 0 Å². The number of nitrogens with two attached hydrogens (primary N) is 1. The van der Waals surface area contributed by atoms with Gasteiger partial charge in [0.05, 0.1) is 5.02 Å². The van der Waals surface area contributed by atoms with Gasteiger partial charge in [-0.25, -0.2) is 13.8 Å². The van der Waals surface area contributed by atoms with E-state index in [4.69, 9.17) is 17.3 Å². The van der Waals surface area contributed by atoms with Gasteiger partial charge >= 0.3 is 0 Å². The summed E-state index contributed by atoms with van der Waals surface area (Å²) < 4.78 is 27.4. The van der Waals surface area contributed by atoms with Crippen molar-refractivity contribution in [1.82, 2.24) is 4.98 Å². The molecule has 0 aliphatic rings. The zero-order chi connectivity index (χ0) is 14.9. The van der Waals surface area contributed by atoms with Gasteiger partial charge in [-0.05, 0) is 24.3 Å². The van der Waals surface area contributed by atoms with Crippen LogP contribution in [0.25, 0.3) is 0 Å². The van der Waals surface area contributed by atoms with Crippen LogP contribution in [0.5, 0.6) is 0 Å². The van der Waals surface area contributed by atoms with Gasteiger partial charge < -0.3 is 11.1 Å². The van der Waals surface area contributed by atoms with Crippen LogP contribution < -0.4 is 11.1 Å². The van der Waals surface area contributed by atoms with Crippen molar-refractivity contribution in [3.05, 3.63) is 51.1 Å². The number of nitrogens with one attached hydrogen (secondary N) is 1. The Labute approximate surface area is 126 Å². The number of aromatic nitrogens is 1. The SMILES string of the molecule is Nc1ccc(Cl)c(C(=O)Nc2c(F)cc(Br)cc2F)n1. The van der Waals surface area contributed by atoms with E-state index in [1.165, 1.54) is 12.1 Å². The first kappa shape index (κ1) is 14.7. The number of carbonyl (C=O) groups is 1. The Hall–Kier alpha value is -1.73. The predicted molar refractivity (Wildman–Crippen MR) is 75.7 cm³/mol. The van der Waals surface area contributed by atoms with E-state index in [1.54, 1.807) is 0 Å². The summed E-state index contributed by atoms with van der Waals surface area (Å²) >= 11 is 8.72. The second kappa shape index (κ2) is 5.72. The van der Waals surface area contributed by atoms with Crippen LogP contribution >= 0.6 is 27.5 Å². The van der Waals surface area contributed by atoms with Gasteiger partial charge in [-0.2, -0.15) is 0 Å². The molecule has 3 N–H and O–H groups in total. The number of pyridine rings is 1.